The molecule has 6 heteroatoms. The topological polar surface area (TPSA) is 58.6 Å². The average Bonchev–Trinajstić information content (AvgIpc) is 2.48. The number of carbonyl (C=O) groups excluding carboxylic acids is 1. The predicted octanol–water partition coefficient (Wildman–Crippen LogP) is -0.907. The zero-order valence-corrected chi connectivity index (χ0v) is 15.0. The molecule has 0 saturated carbocycles. The molecule has 3 rings (SSSR count). The summed E-state index contributed by atoms with van der Waals surface area (Å²) in [5.74, 6) is -0.996. The fourth-order valence-corrected chi connectivity index (χ4v) is 2.64. The summed E-state index contributed by atoms with van der Waals surface area (Å²) in [6, 6.07) is 14.3. The third kappa shape index (κ3) is 3.03. The van der Waals surface area contributed by atoms with Gasteiger partial charge in [-0.15, -0.1) is 0 Å². The average molecular weight is 327 g/mol. The van der Waals surface area contributed by atoms with Gasteiger partial charge in [0.2, 0.25) is 6.29 Å². The summed E-state index contributed by atoms with van der Waals surface area (Å²) in [5.41, 5.74) is 0.506. The normalized spacial score (nSPS) is 22.9. The van der Waals surface area contributed by atoms with Crippen LogP contribution in [0, 0.1) is 0 Å². The number of benzene rings is 2. The Balaban J connectivity index is 0.00000176. The Hall–Kier alpha value is -1.04. The van der Waals surface area contributed by atoms with Crippen LogP contribution in [0.1, 0.15) is 18.1 Å². The number of carbonyl (C=O) groups is 1. The van der Waals surface area contributed by atoms with Gasteiger partial charge in [0.1, 0.15) is 17.3 Å². The Morgan fingerprint density at radius 1 is 1.23 bits per heavy atom. The Kier molecular flexibility index (Phi) is 5.20. The van der Waals surface area contributed by atoms with E-state index in [1.807, 2.05) is 30.3 Å². The van der Waals surface area contributed by atoms with E-state index < -0.39 is 17.9 Å². The minimum atomic E-state index is -1.47. The van der Waals surface area contributed by atoms with Crippen LogP contribution in [-0.2, 0) is 15.1 Å². The molecule has 0 N–H and O–H groups in total. The van der Waals surface area contributed by atoms with E-state index in [0.717, 1.165) is 5.56 Å². The summed E-state index contributed by atoms with van der Waals surface area (Å²) >= 11 is 6.05. The van der Waals surface area contributed by atoms with E-state index in [-0.39, 0.29) is 29.6 Å². The van der Waals surface area contributed by atoms with Crippen LogP contribution < -0.4 is 39.4 Å². The van der Waals surface area contributed by atoms with Gasteiger partial charge in [-0.05, 0) is 30.7 Å². The van der Waals surface area contributed by atoms with Crippen LogP contribution in [0.25, 0.3) is 0 Å². The summed E-state index contributed by atoms with van der Waals surface area (Å²) in [4.78, 5) is 11.2. The monoisotopic (exact) mass is 326 g/mol. The minimum absolute atomic E-state index is 0. The summed E-state index contributed by atoms with van der Waals surface area (Å²) in [5, 5.41) is 11.7. The fourth-order valence-electron chi connectivity index (χ4n) is 2.47. The first-order valence-corrected chi connectivity index (χ1v) is 6.79. The van der Waals surface area contributed by atoms with Gasteiger partial charge in [-0.1, -0.05) is 41.9 Å². The maximum absolute atomic E-state index is 11.2. The molecule has 0 amide bonds. The molecule has 0 saturated heterocycles. The van der Waals surface area contributed by atoms with Crippen molar-refractivity contribution in [3.05, 3.63) is 64.7 Å². The van der Waals surface area contributed by atoms with Gasteiger partial charge in [0.25, 0.3) is 0 Å². The van der Waals surface area contributed by atoms with Crippen molar-refractivity contribution in [2.24, 2.45) is 0 Å². The molecule has 0 spiro atoms. The van der Waals surface area contributed by atoms with E-state index in [9.17, 15) is 9.90 Å². The number of halogens is 1. The molecule has 2 atom stereocenters. The van der Waals surface area contributed by atoms with Crippen LogP contribution in [0.5, 0.6) is 5.75 Å². The van der Waals surface area contributed by atoms with E-state index in [1.54, 1.807) is 25.1 Å². The van der Waals surface area contributed by atoms with Crippen molar-refractivity contribution in [3.63, 3.8) is 0 Å². The molecule has 2 aromatic rings. The van der Waals surface area contributed by atoms with Gasteiger partial charge in [-0.2, -0.15) is 0 Å². The van der Waals surface area contributed by atoms with Crippen molar-refractivity contribution in [2.45, 2.75) is 18.8 Å². The Morgan fingerprint density at radius 3 is 2.55 bits per heavy atom. The van der Waals surface area contributed by atoms with Crippen molar-refractivity contribution in [1.82, 2.24) is 0 Å². The number of rotatable bonds is 2. The van der Waals surface area contributed by atoms with E-state index in [2.05, 4.69) is 0 Å². The van der Waals surface area contributed by atoms with Crippen molar-refractivity contribution in [1.29, 1.82) is 0 Å². The third-order valence-electron chi connectivity index (χ3n) is 3.55. The molecule has 0 aliphatic carbocycles. The van der Waals surface area contributed by atoms with Gasteiger partial charge in [0.15, 0.2) is 0 Å². The molecule has 0 fully saturated rings. The van der Waals surface area contributed by atoms with Crippen LogP contribution in [0.15, 0.2) is 48.5 Å². The molecular weight excluding hydrogens is 315 g/mol. The molecule has 22 heavy (non-hydrogen) atoms. The second kappa shape index (κ2) is 6.60. The number of hydrogen-bond donors (Lipinski definition) is 0. The van der Waals surface area contributed by atoms with Gasteiger partial charge >= 0.3 is 29.6 Å². The fraction of sp³-hybridized carbons (Fsp3) is 0.188. The van der Waals surface area contributed by atoms with Gasteiger partial charge in [0.05, 0.1) is 0 Å². The molecule has 108 valence electrons. The number of hydrogen-bond acceptors (Lipinski definition) is 4. The molecule has 1 aliphatic heterocycles. The van der Waals surface area contributed by atoms with E-state index in [1.165, 1.54) is 0 Å². The van der Waals surface area contributed by atoms with Crippen LogP contribution in [0.4, 0.5) is 0 Å². The summed E-state index contributed by atoms with van der Waals surface area (Å²) in [6.07, 6.45) is -1.47. The standard InChI is InChI=1S/C16H13ClO4.Na/c1-16(10-5-3-2-4-6-10)12-9-11(17)7-8-13(12)20-15(21-16)14(18)19;/h2-9,15H,1H3,(H,18,19);/q;+1/p-1. The first kappa shape index (κ1) is 17.3. The first-order valence-electron chi connectivity index (χ1n) is 6.41. The minimum Gasteiger partial charge on any atom is -0.544 e. The van der Waals surface area contributed by atoms with Gasteiger partial charge in [0, 0.05) is 10.6 Å². The maximum atomic E-state index is 11.2. The van der Waals surface area contributed by atoms with Crippen molar-refractivity contribution < 1.29 is 48.9 Å². The largest absolute Gasteiger partial charge is 1.00 e. The maximum Gasteiger partial charge on any atom is 1.00 e. The van der Waals surface area contributed by atoms with Crippen LogP contribution in [0.2, 0.25) is 5.02 Å². The zero-order valence-electron chi connectivity index (χ0n) is 12.2. The third-order valence-corrected chi connectivity index (χ3v) is 3.78. The van der Waals surface area contributed by atoms with Gasteiger partial charge in [-0.3, -0.25) is 0 Å². The smallest absolute Gasteiger partial charge is 0.544 e. The molecule has 0 aromatic heterocycles. The zero-order chi connectivity index (χ0) is 15.0. The summed E-state index contributed by atoms with van der Waals surface area (Å²) < 4.78 is 11.0. The predicted molar refractivity (Wildman–Crippen MR) is 74.9 cm³/mol. The molecule has 1 aliphatic rings. The first-order chi connectivity index (χ1) is 10.0. The second-order valence-corrected chi connectivity index (χ2v) is 5.36. The van der Waals surface area contributed by atoms with Crippen molar-refractivity contribution >= 4 is 17.6 Å². The number of carboxylic acid groups (broad SMARTS) is 1. The summed E-state index contributed by atoms with van der Waals surface area (Å²) in [6.45, 7) is 1.79. The van der Waals surface area contributed by atoms with Gasteiger partial charge in [-0.25, -0.2) is 0 Å². The van der Waals surface area contributed by atoms with E-state index >= 15 is 0 Å². The Labute approximate surface area is 155 Å². The van der Waals surface area contributed by atoms with Crippen LogP contribution in [0.3, 0.4) is 0 Å². The molecule has 0 radical (unpaired) electrons. The number of aliphatic carboxylic acids is 1. The summed E-state index contributed by atoms with van der Waals surface area (Å²) in [7, 11) is 0. The number of ether oxygens (including phenoxy) is 2. The molecule has 2 unspecified atom stereocenters. The molecule has 4 nitrogen and oxygen atoms in total. The second-order valence-electron chi connectivity index (χ2n) is 4.93. The molecule has 2 aromatic carbocycles. The van der Waals surface area contributed by atoms with Crippen LogP contribution >= 0.6 is 11.6 Å². The Morgan fingerprint density at radius 2 is 1.91 bits per heavy atom. The van der Waals surface area contributed by atoms with Crippen LogP contribution in [-0.4, -0.2) is 12.3 Å². The quantitative estimate of drug-likeness (QED) is 0.671. The van der Waals surface area contributed by atoms with Gasteiger partial charge < -0.3 is 19.4 Å². The van der Waals surface area contributed by atoms with E-state index in [0.29, 0.717) is 16.3 Å². The molecular formula is C16H12ClNaO4. The molecule has 0 bridgehead atoms. The van der Waals surface area contributed by atoms with E-state index in [4.69, 9.17) is 21.1 Å². The number of fused-ring (bicyclic) bond motifs is 1. The van der Waals surface area contributed by atoms with Crippen molar-refractivity contribution in [3.8, 4) is 5.75 Å². The SMILES string of the molecule is CC1(c2ccccc2)OC(C(=O)[O-])Oc2ccc(Cl)cc21.[Na+]. The number of carboxylic acids is 1. The van der Waals surface area contributed by atoms with Crippen molar-refractivity contribution in [2.75, 3.05) is 0 Å². The Bertz CT molecular complexity index is 692. The molecule has 1 heterocycles.